The second-order valence-corrected chi connectivity index (χ2v) is 8.02. The lowest BCUT2D eigenvalue weighted by Gasteiger charge is -2.30. The molecular weight excluding hydrogens is 362 g/mol. The van der Waals surface area contributed by atoms with Crippen LogP contribution in [-0.4, -0.2) is 45.0 Å². The zero-order chi connectivity index (χ0) is 20.2. The number of likely N-dealkylation sites (tertiary alicyclic amines) is 1. The van der Waals surface area contributed by atoms with Crippen LogP contribution in [0.4, 0.5) is 5.69 Å². The van der Waals surface area contributed by atoms with Gasteiger partial charge in [0.1, 0.15) is 5.82 Å². The van der Waals surface area contributed by atoms with Gasteiger partial charge in [0.25, 0.3) is 0 Å². The quantitative estimate of drug-likeness (QED) is 0.688. The van der Waals surface area contributed by atoms with E-state index in [9.17, 15) is 4.79 Å². The molecule has 152 valence electrons. The molecular formula is C23H29N5O. The van der Waals surface area contributed by atoms with E-state index in [1.54, 1.807) is 0 Å². The number of rotatable bonds is 6. The van der Waals surface area contributed by atoms with Crippen molar-refractivity contribution in [3.05, 3.63) is 60.0 Å². The molecule has 1 saturated heterocycles. The van der Waals surface area contributed by atoms with Crippen LogP contribution in [0.1, 0.15) is 56.3 Å². The molecule has 1 fully saturated rings. The largest absolute Gasteiger partial charge is 0.325 e. The average Bonchev–Trinajstić information content (AvgIpc) is 3.18. The van der Waals surface area contributed by atoms with Crippen LogP contribution in [-0.2, 0) is 4.79 Å². The average molecular weight is 392 g/mol. The summed E-state index contributed by atoms with van der Waals surface area (Å²) < 4.78 is 2.08. The number of benzene rings is 1. The molecule has 6 nitrogen and oxygen atoms in total. The van der Waals surface area contributed by atoms with Crippen LogP contribution in [0, 0.1) is 0 Å². The zero-order valence-electron chi connectivity index (χ0n) is 17.2. The first-order valence-corrected chi connectivity index (χ1v) is 10.6. The first-order valence-electron chi connectivity index (χ1n) is 10.6. The molecule has 0 aliphatic carbocycles. The maximum Gasteiger partial charge on any atom is 0.238 e. The summed E-state index contributed by atoms with van der Waals surface area (Å²) in [6.45, 7) is 6.63. The van der Waals surface area contributed by atoms with Gasteiger partial charge in [0.2, 0.25) is 5.91 Å². The summed E-state index contributed by atoms with van der Waals surface area (Å²) in [7, 11) is 0. The van der Waals surface area contributed by atoms with E-state index in [1.807, 2.05) is 36.5 Å². The maximum atomic E-state index is 12.5. The Kier molecular flexibility index (Phi) is 5.90. The van der Waals surface area contributed by atoms with E-state index in [-0.39, 0.29) is 5.91 Å². The predicted molar refractivity (Wildman–Crippen MR) is 115 cm³/mol. The Morgan fingerprint density at radius 3 is 2.62 bits per heavy atom. The van der Waals surface area contributed by atoms with Gasteiger partial charge in [0.15, 0.2) is 5.65 Å². The first-order chi connectivity index (χ1) is 14.1. The van der Waals surface area contributed by atoms with Crippen molar-refractivity contribution in [3.63, 3.8) is 0 Å². The molecule has 1 aliphatic rings. The van der Waals surface area contributed by atoms with Crippen LogP contribution in [0.15, 0.2) is 48.7 Å². The number of nitrogens with zero attached hydrogens (tertiary/aromatic N) is 4. The monoisotopic (exact) mass is 391 g/mol. The first kappa shape index (κ1) is 19.6. The molecule has 0 spiro atoms. The molecule has 0 radical (unpaired) electrons. The Hall–Kier alpha value is -2.73. The van der Waals surface area contributed by atoms with Crippen molar-refractivity contribution < 1.29 is 4.79 Å². The number of carbonyl (C=O) groups is 1. The van der Waals surface area contributed by atoms with E-state index in [0.29, 0.717) is 18.4 Å². The van der Waals surface area contributed by atoms with E-state index in [1.165, 1.54) is 5.56 Å². The number of fused-ring (bicyclic) bond motifs is 1. The minimum Gasteiger partial charge on any atom is -0.325 e. The number of hydrogen-bond acceptors (Lipinski definition) is 4. The summed E-state index contributed by atoms with van der Waals surface area (Å²) in [5.41, 5.74) is 3.07. The summed E-state index contributed by atoms with van der Waals surface area (Å²) >= 11 is 0. The number of amides is 1. The van der Waals surface area contributed by atoms with Crippen molar-refractivity contribution in [2.45, 2.75) is 44.9 Å². The van der Waals surface area contributed by atoms with Crippen molar-refractivity contribution in [2.75, 3.05) is 25.0 Å². The Labute approximate surface area is 171 Å². The fourth-order valence-corrected chi connectivity index (χ4v) is 4.02. The molecule has 2 aromatic heterocycles. The maximum absolute atomic E-state index is 12.5. The normalized spacial score (nSPS) is 16.8. The van der Waals surface area contributed by atoms with E-state index >= 15 is 0 Å². The van der Waals surface area contributed by atoms with Gasteiger partial charge in [0.05, 0.1) is 6.54 Å². The SMILES string of the molecule is CCC(C)c1ccc(NC(=O)CN2CCC(c3nnc4ccccn34)CC2)cc1. The van der Waals surface area contributed by atoms with Crippen LogP contribution in [0.25, 0.3) is 5.65 Å². The number of carbonyl (C=O) groups excluding carboxylic acids is 1. The molecule has 1 atom stereocenters. The van der Waals surface area contributed by atoms with E-state index < -0.39 is 0 Å². The molecule has 1 N–H and O–H groups in total. The third kappa shape index (κ3) is 4.48. The predicted octanol–water partition coefficient (Wildman–Crippen LogP) is 4.06. The van der Waals surface area contributed by atoms with Crippen LogP contribution in [0.3, 0.4) is 0 Å². The van der Waals surface area contributed by atoms with E-state index in [0.717, 1.165) is 49.5 Å². The van der Waals surface area contributed by atoms with E-state index in [2.05, 4.69) is 50.8 Å². The fourth-order valence-electron chi connectivity index (χ4n) is 4.02. The van der Waals surface area contributed by atoms with Crippen LogP contribution >= 0.6 is 0 Å². The van der Waals surface area contributed by atoms with Crippen molar-refractivity contribution in [1.29, 1.82) is 0 Å². The van der Waals surface area contributed by atoms with Gasteiger partial charge in [-0.2, -0.15) is 0 Å². The molecule has 3 aromatic rings. The summed E-state index contributed by atoms with van der Waals surface area (Å²) in [4.78, 5) is 14.7. The molecule has 29 heavy (non-hydrogen) atoms. The number of aromatic nitrogens is 3. The zero-order valence-corrected chi connectivity index (χ0v) is 17.2. The number of piperidine rings is 1. The van der Waals surface area contributed by atoms with Crippen molar-refractivity contribution >= 4 is 17.2 Å². The third-order valence-corrected chi connectivity index (χ3v) is 6.04. The molecule has 1 unspecified atom stereocenters. The topological polar surface area (TPSA) is 62.5 Å². The smallest absolute Gasteiger partial charge is 0.238 e. The second-order valence-electron chi connectivity index (χ2n) is 8.02. The van der Waals surface area contributed by atoms with Gasteiger partial charge in [-0.05, 0) is 68.1 Å². The van der Waals surface area contributed by atoms with Gasteiger partial charge in [-0.25, -0.2) is 0 Å². The standard InChI is InChI=1S/C23H29N5O/c1-3-17(2)18-7-9-20(10-8-18)24-22(29)16-27-14-11-19(12-15-27)23-26-25-21-6-4-5-13-28(21)23/h4-10,13,17,19H,3,11-12,14-16H2,1-2H3,(H,24,29). The minimum absolute atomic E-state index is 0.0488. The molecule has 1 aromatic carbocycles. The molecule has 3 heterocycles. The number of anilines is 1. The van der Waals surface area contributed by atoms with Crippen molar-refractivity contribution in [2.24, 2.45) is 0 Å². The van der Waals surface area contributed by atoms with Crippen molar-refractivity contribution in [3.8, 4) is 0 Å². The molecule has 4 rings (SSSR count). The molecule has 0 saturated carbocycles. The number of nitrogens with one attached hydrogen (secondary N) is 1. The van der Waals surface area contributed by atoms with Crippen molar-refractivity contribution in [1.82, 2.24) is 19.5 Å². The highest BCUT2D eigenvalue weighted by Gasteiger charge is 2.25. The van der Waals surface area contributed by atoms with Gasteiger partial charge in [0, 0.05) is 17.8 Å². The van der Waals surface area contributed by atoms with Gasteiger partial charge in [-0.3, -0.25) is 14.1 Å². The number of hydrogen-bond donors (Lipinski definition) is 1. The third-order valence-electron chi connectivity index (χ3n) is 6.04. The minimum atomic E-state index is 0.0488. The van der Waals surface area contributed by atoms with E-state index in [4.69, 9.17) is 0 Å². The lowest BCUT2D eigenvalue weighted by atomic mass is 9.96. The molecule has 6 heteroatoms. The van der Waals surface area contributed by atoms with Gasteiger partial charge >= 0.3 is 0 Å². The Bertz CT molecular complexity index is 957. The highest BCUT2D eigenvalue weighted by atomic mass is 16.2. The van der Waals surface area contributed by atoms with Gasteiger partial charge < -0.3 is 5.32 Å². The Morgan fingerprint density at radius 2 is 1.90 bits per heavy atom. The van der Waals surface area contributed by atoms with Crippen LogP contribution in [0.2, 0.25) is 0 Å². The molecule has 1 amide bonds. The molecule has 1 aliphatic heterocycles. The fraction of sp³-hybridized carbons (Fsp3) is 0.435. The lowest BCUT2D eigenvalue weighted by molar-refractivity contribution is -0.117. The highest BCUT2D eigenvalue weighted by molar-refractivity contribution is 5.92. The lowest BCUT2D eigenvalue weighted by Crippen LogP contribution is -2.39. The summed E-state index contributed by atoms with van der Waals surface area (Å²) in [6.07, 6.45) is 5.13. The second kappa shape index (κ2) is 8.74. The van der Waals surface area contributed by atoms with Crippen LogP contribution in [0.5, 0.6) is 0 Å². The number of pyridine rings is 1. The Balaban J connectivity index is 1.28. The summed E-state index contributed by atoms with van der Waals surface area (Å²) in [5, 5.41) is 11.7. The molecule has 0 bridgehead atoms. The summed E-state index contributed by atoms with van der Waals surface area (Å²) in [6, 6.07) is 14.2. The summed E-state index contributed by atoms with van der Waals surface area (Å²) in [5.74, 6) is 2.02. The Morgan fingerprint density at radius 1 is 1.14 bits per heavy atom. The van der Waals surface area contributed by atoms with Gasteiger partial charge in [-0.15, -0.1) is 10.2 Å². The highest BCUT2D eigenvalue weighted by Crippen LogP contribution is 2.27. The van der Waals surface area contributed by atoms with Gasteiger partial charge in [-0.1, -0.05) is 32.0 Å². The van der Waals surface area contributed by atoms with Crippen LogP contribution < -0.4 is 5.32 Å².